The second kappa shape index (κ2) is 14.7. The van der Waals surface area contributed by atoms with Crippen LogP contribution in [0.4, 0.5) is 9.18 Å². The fourth-order valence-electron chi connectivity index (χ4n) is 5.10. The summed E-state index contributed by atoms with van der Waals surface area (Å²) >= 11 is 6.12. The van der Waals surface area contributed by atoms with E-state index in [0.717, 1.165) is 24.0 Å². The zero-order valence-corrected chi connectivity index (χ0v) is 28.3. The monoisotopic (exact) mass is 674 g/mol. The minimum absolute atomic E-state index is 0.0286. The molecule has 0 aliphatic heterocycles. The number of hydrogen-bond acceptors (Lipinski definition) is 7. The zero-order chi connectivity index (χ0) is 34.5. The van der Waals surface area contributed by atoms with E-state index in [2.05, 4.69) is 5.32 Å². The number of pyridine rings is 1. The molecule has 1 fully saturated rings. The fourth-order valence-corrected chi connectivity index (χ4v) is 5.28. The van der Waals surface area contributed by atoms with Crippen LogP contribution in [0, 0.1) is 5.82 Å². The van der Waals surface area contributed by atoms with Gasteiger partial charge < -0.3 is 24.6 Å². The first kappa shape index (κ1) is 34.9. The Morgan fingerprint density at radius 3 is 2.44 bits per heavy atom. The molecular formula is C38H40ClFN2O6. The number of Topliss-reactive ketones (excluding diaryl/α,β-unsaturated/α-hetero) is 1. The smallest absolute Gasteiger partial charge is 0.407 e. The topological polar surface area (TPSA) is 107 Å². The SMILES string of the molecule is COc1cc(C(=O)CCC(C)(O)c2cc(C(C)(C)CNC(=O)OCc3ccccc3)cc(-c3ccc(F)c(Cl)c3)n2)ccc1OC1CC1. The van der Waals surface area contributed by atoms with Crippen molar-refractivity contribution in [2.75, 3.05) is 13.7 Å². The van der Waals surface area contributed by atoms with Gasteiger partial charge in [-0.3, -0.25) is 4.79 Å². The third kappa shape index (κ3) is 8.90. The summed E-state index contributed by atoms with van der Waals surface area (Å²) in [5, 5.41) is 14.5. The molecule has 5 rings (SSSR count). The van der Waals surface area contributed by atoms with Crippen LogP contribution in [0.3, 0.4) is 0 Å². The highest BCUT2D eigenvalue weighted by atomic mass is 35.5. The highest BCUT2D eigenvalue weighted by Gasteiger charge is 2.31. The van der Waals surface area contributed by atoms with Gasteiger partial charge in [-0.05, 0) is 85.8 Å². The van der Waals surface area contributed by atoms with Crippen LogP contribution < -0.4 is 14.8 Å². The Morgan fingerprint density at radius 2 is 1.75 bits per heavy atom. The molecule has 0 spiro atoms. The first-order chi connectivity index (χ1) is 22.8. The van der Waals surface area contributed by atoms with Gasteiger partial charge in [0.15, 0.2) is 17.3 Å². The summed E-state index contributed by atoms with van der Waals surface area (Å²) in [7, 11) is 1.53. The van der Waals surface area contributed by atoms with Gasteiger partial charge in [0.05, 0.1) is 29.6 Å². The predicted octanol–water partition coefficient (Wildman–Crippen LogP) is 8.17. The number of ether oxygens (including phenoxy) is 3. The minimum atomic E-state index is -1.53. The number of aliphatic hydroxyl groups is 1. The molecule has 10 heteroatoms. The van der Waals surface area contributed by atoms with E-state index < -0.39 is 22.9 Å². The Bertz CT molecular complexity index is 1770. The van der Waals surface area contributed by atoms with Crippen LogP contribution in [0.1, 0.15) is 73.6 Å². The van der Waals surface area contributed by atoms with Crippen LogP contribution in [0.5, 0.6) is 11.5 Å². The number of methoxy groups -OCH3 is 1. The van der Waals surface area contributed by atoms with E-state index in [1.165, 1.54) is 19.2 Å². The molecule has 0 saturated heterocycles. The number of benzene rings is 3. The highest BCUT2D eigenvalue weighted by Crippen LogP contribution is 2.36. The number of aromatic nitrogens is 1. The molecule has 1 saturated carbocycles. The quantitative estimate of drug-likeness (QED) is 0.130. The maximum atomic E-state index is 14.1. The maximum absolute atomic E-state index is 14.1. The van der Waals surface area contributed by atoms with Crippen molar-refractivity contribution in [3.8, 4) is 22.8 Å². The van der Waals surface area contributed by atoms with Crippen molar-refractivity contribution < 1.29 is 33.3 Å². The lowest BCUT2D eigenvalue weighted by molar-refractivity contribution is 0.0396. The summed E-state index contributed by atoms with van der Waals surface area (Å²) in [4.78, 5) is 30.6. The standard InChI is InChI=1S/C38H40ClFN2O6/c1-37(2,23-41-36(44)47-22-24-8-6-5-7-9-24)27-20-31(25-10-14-30(40)29(39)18-25)42-35(21-27)38(3,45)17-16-32(43)26-11-15-33(34(19-26)46-4)48-28-12-13-28/h5-11,14-15,18-21,28,45H,12-13,16-17,22-23H2,1-4H3,(H,41,44). The first-order valence-corrected chi connectivity index (χ1v) is 16.3. The van der Waals surface area contributed by atoms with Crippen LogP contribution in [0.15, 0.2) is 78.9 Å². The summed E-state index contributed by atoms with van der Waals surface area (Å²) in [5.74, 6) is 0.340. The Balaban J connectivity index is 1.35. The van der Waals surface area contributed by atoms with E-state index in [0.29, 0.717) is 34.0 Å². The van der Waals surface area contributed by atoms with Gasteiger partial charge in [-0.2, -0.15) is 0 Å². The number of halogens is 2. The summed E-state index contributed by atoms with van der Waals surface area (Å²) in [6.07, 6.45) is 1.71. The Morgan fingerprint density at radius 1 is 1.00 bits per heavy atom. The normalized spacial score (nSPS) is 14.1. The third-order valence-electron chi connectivity index (χ3n) is 8.40. The largest absolute Gasteiger partial charge is 0.493 e. The van der Waals surface area contributed by atoms with Gasteiger partial charge in [-0.15, -0.1) is 0 Å². The Labute approximate surface area is 285 Å². The Kier molecular flexibility index (Phi) is 10.7. The molecule has 1 aliphatic carbocycles. The van der Waals surface area contributed by atoms with Crippen molar-refractivity contribution in [3.05, 3.63) is 112 Å². The highest BCUT2D eigenvalue weighted by molar-refractivity contribution is 6.31. The summed E-state index contributed by atoms with van der Waals surface area (Å²) in [6.45, 7) is 5.82. The van der Waals surface area contributed by atoms with Crippen molar-refractivity contribution in [2.45, 2.75) is 70.2 Å². The third-order valence-corrected chi connectivity index (χ3v) is 8.69. The molecule has 4 aromatic rings. The number of alkyl carbamates (subject to hydrolysis) is 1. The maximum Gasteiger partial charge on any atom is 0.407 e. The van der Waals surface area contributed by atoms with E-state index in [9.17, 15) is 19.1 Å². The molecule has 0 radical (unpaired) electrons. The molecule has 3 aromatic carbocycles. The van der Waals surface area contributed by atoms with Crippen LogP contribution in [-0.2, 0) is 22.4 Å². The molecule has 0 bridgehead atoms. The number of carbonyl (C=O) groups excluding carboxylic acids is 2. The number of nitrogens with zero attached hydrogens (tertiary/aromatic N) is 1. The number of rotatable bonds is 14. The van der Waals surface area contributed by atoms with Crippen LogP contribution >= 0.6 is 11.6 Å². The molecular weight excluding hydrogens is 635 g/mol. The zero-order valence-electron chi connectivity index (χ0n) is 27.5. The van der Waals surface area contributed by atoms with Gasteiger partial charge in [0.2, 0.25) is 0 Å². The number of hydrogen-bond donors (Lipinski definition) is 2. The molecule has 8 nitrogen and oxygen atoms in total. The van der Waals surface area contributed by atoms with Gasteiger partial charge in [0, 0.05) is 29.5 Å². The number of carbonyl (C=O) groups is 2. The number of ketones is 1. The van der Waals surface area contributed by atoms with Gasteiger partial charge in [-0.25, -0.2) is 14.2 Å². The molecule has 1 aromatic heterocycles. The fraction of sp³-hybridized carbons (Fsp3) is 0.342. The average molecular weight is 675 g/mol. The molecule has 252 valence electrons. The van der Waals surface area contributed by atoms with E-state index in [-0.39, 0.29) is 42.9 Å². The first-order valence-electron chi connectivity index (χ1n) is 15.9. The van der Waals surface area contributed by atoms with Crippen molar-refractivity contribution in [1.29, 1.82) is 0 Å². The molecule has 48 heavy (non-hydrogen) atoms. The van der Waals surface area contributed by atoms with Crippen LogP contribution in [0.2, 0.25) is 5.02 Å². The van der Waals surface area contributed by atoms with Crippen molar-refractivity contribution in [3.63, 3.8) is 0 Å². The van der Waals surface area contributed by atoms with Crippen molar-refractivity contribution in [1.82, 2.24) is 10.3 Å². The van der Waals surface area contributed by atoms with E-state index in [1.54, 1.807) is 37.3 Å². The summed E-state index contributed by atoms with van der Waals surface area (Å²) < 4.78 is 30.8. The molecule has 2 N–H and O–H groups in total. The number of nitrogens with one attached hydrogen (secondary N) is 1. The van der Waals surface area contributed by atoms with Crippen molar-refractivity contribution in [2.24, 2.45) is 0 Å². The van der Waals surface area contributed by atoms with E-state index >= 15 is 0 Å². The molecule has 1 atom stereocenters. The molecule has 1 amide bonds. The predicted molar refractivity (Wildman–Crippen MR) is 182 cm³/mol. The Hall–Kier alpha value is -4.47. The van der Waals surface area contributed by atoms with Gasteiger partial charge in [0.1, 0.15) is 18.0 Å². The second-order valence-electron chi connectivity index (χ2n) is 12.9. The molecule has 1 heterocycles. The van der Waals surface area contributed by atoms with Gasteiger partial charge >= 0.3 is 6.09 Å². The van der Waals surface area contributed by atoms with Crippen molar-refractivity contribution >= 4 is 23.5 Å². The summed E-state index contributed by atoms with van der Waals surface area (Å²) in [6, 6.07) is 22.4. The van der Waals surface area contributed by atoms with Gasteiger partial charge in [0.25, 0.3) is 0 Å². The summed E-state index contributed by atoms with van der Waals surface area (Å²) in [5.41, 5.74) is 1.18. The van der Waals surface area contributed by atoms with E-state index in [1.807, 2.05) is 50.2 Å². The minimum Gasteiger partial charge on any atom is -0.493 e. The van der Waals surface area contributed by atoms with E-state index in [4.69, 9.17) is 30.8 Å². The van der Waals surface area contributed by atoms with Crippen LogP contribution in [0.25, 0.3) is 11.3 Å². The lowest BCUT2D eigenvalue weighted by atomic mass is 9.82. The second-order valence-corrected chi connectivity index (χ2v) is 13.3. The number of amides is 1. The lowest BCUT2D eigenvalue weighted by Crippen LogP contribution is -2.37. The molecule has 1 unspecified atom stereocenters. The van der Waals surface area contributed by atoms with Gasteiger partial charge in [-0.1, -0.05) is 55.8 Å². The van der Waals surface area contributed by atoms with Crippen LogP contribution in [-0.4, -0.2) is 41.7 Å². The lowest BCUT2D eigenvalue weighted by Gasteiger charge is -2.29. The average Bonchev–Trinajstić information content (AvgIpc) is 3.91. The molecule has 1 aliphatic rings.